The summed E-state index contributed by atoms with van der Waals surface area (Å²) in [5, 5.41) is 7.90. The lowest BCUT2D eigenvalue weighted by molar-refractivity contribution is 0.552. The van der Waals surface area contributed by atoms with Crippen LogP contribution in [0.5, 0.6) is 0 Å². The minimum absolute atomic E-state index is 0.657. The van der Waals surface area contributed by atoms with Crippen LogP contribution in [0, 0.1) is 5.92 Å². The Bertz CT molecular complexity index is 457. The van der Waals surface area contributed by atoms with Crippen molar-refractivity contribution in [3.63, 3.8) is 0 Å². The van der Waals surface area contributed by atoms with Crippen LogP contribution in [0.3, 0.4) is 0 Å². The second-order valence-electron chi connectivity index (χ2n) is 4.71. The number of rotatable bonds is 5. The van der Waals surface area contributed by atoms with Gasteiger partial charge in [-0.15, -0.1) is 0 Å². The molecule has 0 unspecified atom stereocenters. The zero-order chi connectivity index (χ0) is 12.3. The van der Waals surface area contributed by atoms with Gasteiger partial charge in [0, 0.05) is 30.9 Å². The van der Waals surface area contributed by atoms with Crippen molar-refractivity contribution in [3.8, 4) is 11.3 Å². The summed E-state index contributed by atoms with van der Waals surface area (Å²) in [6, 6.07) is 1.94. The second-order valence-corrected chi connectivity index (χ2v) is 4.71. The Balaban J connectivity index is 2.11. The fraction of sp³-hybridized carbons (Fsp3) is 0.462. The van der Waals surface area contributed by atoms with Crippen molar-refractivity contribution in [2.75, 3.05) is 6.54 Å². The highest BCUT2D eigenvalue weighted by Crippen LogP contribution is 2.22. The molecular weight excluding hydrogens is 214 g/mol. The molecule has 0 bridgehead atoms. The molecule has 0 fully saturated rings. The molecule has 0 aliphatic carbocycles. The van der Waals surface area contributed by atoms with Crippen LogP contribution in [-0.4, -0.2) is 16.3 Å². The standard InChI is InChI=1S/C13H19N3O/c1-10(2)6-14-7-12-8-16(3)15-13(12)11-4-5-17-9-11/h4-5,8-10,14H,6-7H2,1-3H3. The van der Waals surface area contributed by atoms with Crippen LogP contribution in [0.4, 0.5) is 0 Å². The summed E-state index contributed by atoms with van der Waals surface area (Å²) in [6.07, 6.45) is 5.46. The molecule has 0 saturated heterocycles. The van der Waals surface area contributed by atoms with E-state index in [1.165, 1.54) is 5.56 Å². The summed E-state index contributed by atoms with van der Waals surface area (Å²) in [5.74, 6) is 0.657. The van der Waals surface area contributed by atoms with E-state index in [0.29, 0.717) is 5.92 Å². The first-order valence-corrected chi connectivity index (χ1v) is 5.92. The minimum atomic E-state index is 0.657. The van der Waals surface area contributed by atoms with Crippen molar-refractivity contribution in [2.45, 2.75) is 20.4 Å². The third-order valence-corrected chi connectivity index (χ3v) is 2.57. The number of nitrogens with zero attached hydrogens (tertiary/aromatic N) is 2. The van der Waals surface area contributed by atoms with E-state index in [4.69, 9.17) is 4.42 Å². The molecule has 2 aromatic heterocycles. The normalized spacial score (nSPS) is 11.3. The first kappa shape index (κ1) is 11.9. The van der Waals surface area contributed by atoms with Crippen molar-refractivity contribution in [1.29, 1.82) is 0 Å². The molecule has 92 valence electrons. The number of hydrogen-bond acceptors (Lipinski definition) is 3. The Morgan fingerprint density at radius 3 is 2.94 bits per heavy atom. The smallest absolute Gasteiger partial charge is 0.1000 e. The van der Waals surface area contributed by atoms with Crippen LogP contribution in [0.2, 0.25) is 0 Å². The van der Waals surface area contributed by atoms with Gasteiger partial charge >= 0.3 is 0 Å². The Morgan fingerprint density at radius 2 is 2.29 bits per heavy atom. The van der Waals surface area contributed by atoms with Gasteiger partial charge in [-0.1, -0.05) is 13.8 Å². The van der Waals surface area contributed by atoms with Gasteiger partial charge in [0.2, 0.25) is 0 Å². The summed E-state index contributed by atoms with van der Waals surface area (Å²) < 4.78 is 6.95. The van der Waals surface area contributed by atoms with Gasteiger partial charge in [0.05, 0.1) is 18.2 Å². The zero-order valence-electron chi connectivity index (χ0n) is 10.6. The highest BCUT2D eigenvalue weighted by molar-refractivity contribution is 5.61. The molecule has 0 aliphatic rings. The third-order valence-electron chi connectivity index (χ3n) is 2.57. The largest absolute Gasteiger partial charge is 0.472 e. The number of aryl methyl sites for hydroxylation is 1. The maximum absolute atomic E-state index is 5.11. The van der Waals surface area contributed by atoms with Gasteiger partial charge < -0.3 is 9.73 Å². The lowest BCUT2D eigenvalue weighted by Crippen LogP contribution is -2.19. The van der Waals surface area contributed by atoms with Crippen molar-refractivity contribution in [1.82, 2.24) is 15.1 Å². The summed E-state index contributed by atoms with van der Waals surface area (Å²) in [5.41, 5.74) is 3.24. The Labute approximate surface area is 102 Å². The predicted molar refractivity (Wildman–Crippen MR) is 67.5 cm³/mol. The fourth-order valence-electron chi connectivity index (χ4n) is 1.80. The van der Waals surface area contributed by atoms with Crippen molar-refractivity contribution in [2.24, 2.45) is 13.0 Å². The van der Waals surface area contributed by atoms with Crippen LogP contribution >= 0.6 is 0 Å². The van der Waals surface area contributed by atoms with Gasteiger partial charge in [0.25, 0.3) is 0 Å². The number of hydrogen-bond donors (Lipinski definition) is 1. The third kappa shape index (κ3) is 2.97. The summed E-state index contributed by atoms with van der Waals surface area (Å²) >= 11 is 0. The topological polar surface area (TPSA) is 43.0 Å². The highest BCUT2D eigenvalue weighted by Gasteiger charge is 2.10. The van der Waals surface area contributed by atoms with Crippen molar-refractivity contribution in [3.05, 3.63) is 30.4 Å². The van der Waals surface area contributed by atoms with E-state index in [0.717, 1.165) is 24.3 Å². The molecule has 2 rings (SSSR count). The molecule has 0 saturated carbocycles. The maximum atomic E-state index is 5.11. The average Bonchev–Trinajstić information content (AvgIpc) is 2.86. The fourth-order valence-corrected chi connectivity index (χ4v) is 1.80. The van der Waals surface area contributed by atoms with E-state index in [1.54, 1.807) is 12.5 Å². The quantitative estimate of drug-likeness (QED) is 0.862. The summed E-state index contributed by atoms with van der Waals surface area (Å²) in [4.78, 5) is 0. The molecule has 2 heterocycles. The van der Waals surface area contributed by atoms with Gasteiger partial charge in [-0.05, 0) is 18.5 Å². The van der Waals surface area contributed by atoms with E-state index in [9.17, 15) is 0 Å². The van der Waals surface area contributed by atoms with Gasteiger partial charge in [-0.2, -0.15) is 5.10 Å². The van der Waals surface area contributed by atoms with Crippen LogP contribution in [0.15, 0.2) is 29.2 Å². The molecule has 0 aliphatic heterocycles. The molecule has 0 amide bonds. The monoisotopic (exact) mass is 233 g/mol. The second kappa shape index (κ2) is 5.19. The number of aromatic nitrogens is 2. The first-order chi connectivity index (χ1) is 8.16. The van der Waals surface area contributed by atoms with Gasteiger partial charge in [0.1, 0.15) is 0 Å². The van der Waals surface area contributed by atoms with E-state index in [-0.39, 0.29) is 0 Å². The first-order valence-electron chi connectivity index (χ1n) is 5.92. The van der Waals surface area contributed by atoms with Gasteiger partial charge in [-0.25, -0.2) is 0 Å². The predicted octanol–water partition coefficient (Wildman–Crippen LogP) is 2.43. The lowest BCUT2D eigenvalue weighted by Gasteiger charge is -2.06. The van der Waals surface area contributed by atoms with Crippen molar-refractivity contribution >= 4 is 0 Å². The lowest BCUT2D eigenvalue weighted by atomic mass is 10.1. The van der Waals surface area contributed by atoms with Gasteiger partial charge in [-0.3, -0.25) is 4.68 Å². The van der Waals surface area contributed by atoms with Crippen LogP contribution in [0.1, 0.15) is 19.4 Å². The minimum Gasteiger partial charge on any atom is -0.472 e. The van der Waals surface area contributed by atoms with Crippen LogP contribution in [0.25, 0.3) is 11.3 Å². The molecule has 4 nitrogen and oxygen atoms in total. The molecule has 2 aromatic rings. The number of nitrogens with one attached hydrogen (secondary N) is 1. The van der Waals surface area contributed by atoms with E-state index in [1.807, 2.05) is 17.8 Å². The van der Waals surface area contributed by atoms with E-state index >= 15 is 0 Å². The highest BCUT2D eigenvalue weighted by atomic mass is 16.3. The molecular formula is C13H19N3O. The van der Waals surface area contributed by atoms with Crippen molar-refractivity contribution < 1.29 is 4.42 Å². The van der Waals surface area contributed by atoms with E-state index < -0.39 is 0 Å². The molecule has 0 aromatic carbocycles. The summed E-state index contributed by atoms with van der Waals surface area (Å²) in [6.45, 7) is 6.26. The van der Waals surface area contributed by atoms with E-state index in [2.05, 4.69) is 30.5 Å². The summed E-state index contributed by atoms with van der Waals surface area (Å²) in [7, 11) is 1.94. The molecule has 0 spiro atoms. The van der Waals surface area contributed by atoms with Crippen LogP contribution < -0.4 is 5.32 Å². The molecule has 17 heavy (non-hydrogen) atoms. The zero-order valence-corrected chi connectivity index (χ0v) is 10.6. The molecule has 4 heteroatoms. The Morgan fingerprint density at radius 1 is 1.47 bits per heavy atom. The Kier molecular flexibility index (Phi) is 3.64. The SMILES string of the molecule is CC(C)CNCc1cn(C)nc1-c1ccoc1. The molecule has 1 N–H and O–H groups in total. The maximum Gasteiger partial charge on any atom is 0.1000 e. The van der Waals surface area contributed by atoms with Gasteiger partial charge in [0.15, 0.2) is 0 Å². The van der Waals surface area contributed by atoms with Crippen LogP contribution in [-0.2, 0) is 13.6 Å². The molecule has 0 radical (unpaired) electrons. The molecule has 0 atom stereocenters. The Hall–Kier alpha value is -1.55. The number of furan rings is 1. The average molecular weight is 233 g/mol.